The highest BCUT2D eigenvalue weighted by atomic mass is 79.9. The Kier molecular flexibility index (Phi) is 5.96. The SMILES string of the molecule is COc1cc(OC)cc(-n2nc(C(=O)Nc3ccc(C)cc3Br)c3ccccc3c2=O)c1. The molecular weight excluding hydrogens is 474 g/mol. The zero-order chi connectivity index (χ0) is 22.8. The van der Waals surface area contributed by atoms with Gasteiger partial charge in [-0.2, -0.15) is 9.78 Å². The van der Waals surface area contributed by atoms with Crippen LogP contribution in [0.4, 0.5) is 5.69 Å². The largest absolute Gasteiger partial charge is 0.497 e. The molecule has 1 heterocycles. The molecule has 0 aliphatic carbocycles. The van der Waals surface area contributed by atoms with E-state index in [0.717, 1.165) is 10.0 Å². The van der Waals surface area contributed by atoms with E-state index >= 15 is 0 Å². The maximum Gasteiger partial charge on any atom is 0.279 e. The molecule has 7 nitrogen and oxygen atoms in total. The zero-order valence-electron chi connectivity index (χ0n) is 17.7. The summed E-state index contributed by atoms with van der Waals surface area (Å²) in [5.74, 6) is 0.556. The van der Waals surface area contributed by atoms with Gasteiger partial charge in [0.15, 0.2) is 5.69 Å². The van der Waals surface area contributed by atoms with Crippen LogP contribution in [-0.4, -0.2) is 29.9 Å². The van der Waals surface area contributed by atoms with Gasteiger partial charge in [0.05, 0.1) is 31.0 Å². The summed E-state index contributed by atoms with van der Waals surface area (Å²) < 4.78 is 12.6. The first-order chi connectivity index (χ1) is 15.4. The molecule has 8 heteroatoms. The standard InChI is InChI=1S/C24H20BrN3O4/c1-14-8-9-21(20(25)10-14)26-23(29)22-18-6-4-5-7-19(18)24(30)28(27-22)15-11-16(31-2)13-17(12-15)32-3/h4-13H,1-3H3,(H,26,29). The molecule has 0 saturated carbocycles. The number of hydrogen-bond donors (Lipinski definition) is 1. The molecule has 0 aliphatic heterocycles. The van der Waals surface area contributed by atoms with Crippen molar-refractivity contribution in [2.45, 2.75) is 6.92 Å². The van der Waals surface area contributed by atoms with Crippen molar-refractivity contribution in [3.63, 3.8) is 0 Å². The number of aromatic nitrogens is 2. The molecule has 1 amide bonds. The van der Waals surface area contributed by atoms with Gasteiger partial charge in [-0.05, 0) is 46.6 Å². The normalized spacial score (nSPS) is 10.8. The Hall–Kier alpha value is -3.65. The first-order valence-corrected chi connectivity index (χ1v) is 10.5. The van der Waals surface area contributed by atoms with E-state index in [2.05, 4.69) is 26.3 Å². The number of fused-ring (bicyclic) bond motifs is 1. The number of carbonyl (C=O) groups is 1. The first kappa shape index (κ1) is 21.6. The van der Waals surface area contributed by atoms with E-state index in [0.29, 0.717) is 33.6 Å². The van der Waals surface area contributed by atoms with Crippen molar-refractivity contribution in [2.75, 3.05) is 19.5 Å². The maximum absolute atomic E-state index is 13.2. The zero-order valence-corrected chi connectivity index (χ0v) is 19.3. The number of hydrogen-bond acceptors (Lipinski definition) is 5. The molecule has 0 atom stereocenters. The Bertz CT molecular complexity index is 1380. The Morgan fingerprint density at radius 2 is 1.62 bits per heavy atom. The summed E-state index contributed by atoms with van der Waals surface area (Å²) in [5.41, 5.74) is 1.84. The van der Waals surface area contributed by atoms with Crippen molar-refractivity contribution >= 4 is 38.3 Å². The summed E-state index contributed by atoms with van der Waals surface area (Å²) in [4.78, 5) is 26.5. The predicted octanol–water partition coefficient (Wildman–Crippen LogP) is 4.73. The van der Waals surface area contributed by atoms with Crippen LogP contribution in [0.5, 0.6) is 11.5 Å². The van der Waals surface area contributed by atoms with Gasteiger partial charge in [-0.15, -0.1) is 0 Å². The summed E-state index contributed by atoms with van der Waals surface area (Å²) in [6.07, 6.45) is 0. The Balaban J connectivity index is 1.89. The van der Waals surface area contributed by atoms with Crippen LogP contribution in [0.25, 0.3) is 16.5 Å². The van der Waals surface area contributed by atoms with Crippen molar-refractivity contribution in [1.29, 1.82) is 0 Å². The molecule has 0 fully saturated rings. The van der Waals surface area contributed by atoms with E-state index in [-0.39, 0.29) is 11.3 Å². The fourth-order valence-electron chi connectivity index (χ4n) is 3.35. The molecule has 0 radical (unpaired) electrons. The van der Waals surface area contributed by atoms with Crippen molar-refractivity contribution < 1.29 is 14.3 Å². The predicted molar refractivity (Wildman–Crippen MR) is 127 cm³/mol. The summed E-state index contributed by atoms with van der Waals surface area (Å²) in [5, 5.41) is 8.14. The van der Waals surface area contributed by atoms with Crippen molar-refractivity contribution in [3.05, 3.63) is 86.7 Å². The van der Waals surface area contributed by atoms with Crippen LogP contribution in [0.2, 0.25) is 0 Å². The lowest BCUT2D eigenvalue weighted by Gasteiger charge is -2.14. The third-order valence-corrected chi connectivity index (χ3v) is 5.63. The third kappa shape index (κ3) is 4.09. The molecule has 0 saturated heterocycles. The number of aryl methyl sites for hydroxylation is 1. The molecule has 0 aliphatic rings. The third-order valence-electron chi connectivity index (χ3n) is 4.97. The number of ether oxygens (including phenoxy) is 2. The molecule has 0 spiro atoms. The van der Waals surface area contributed by atoms with Crippen LogP contribution in [0.3, 0.4) is 0 Å². The van der Waals surface area contributed by atoms with Gasteiger partial charge < -0.3 is 14.8 Å². The highest BCUT2D eigenvalue weighted by Gasteiger charge is 2.19. The highest BCUT2D eigenvalue weighted by molar-refractivity contribution is 9.10. The number of carbonyl (C=O) groups excluding carboxylic acids is 1. The van der Waals surface area contributed by atoms with Gasteiger partial charge in [0.25, 0.3) is 11.5 Å². The summed E-state index contributed by atoms with van der Waals surface area (Å²) >= 11 is 3.47. The molecule has 32 heavy (non-hydrogen) atoms. The molecule has 4 aromatic rings. The number of methoxy groups -OCH3 is 2. The van der Waals surface area contributed by atoms with Gasteiger partial charge >= 0.3 is 0 Å². The molecule has 1 N–H and O–H groups in total. The van der Waals surface area contributed by atoms with Crippen molar-refractivity contribution in [1.82, 2.24) is 9.78 Å². The molecular formula is C24H20BrN3O4. The number of nitrogens with zero attached hydrogens (tertiary/aromatic N) is 2. The molecule has 3 aromatic carbocycles. The number of benzene rings is 3. The minimum Gasteiger partial charge on any atom is -0.497 e. The van der Waals surface area contributed by atoms with E-state index in [1.165, 1.54) is 18.9 Å². The van der Waals surface area contributed by atoms with Gasteiger partial charge in [0, 0.05) is 28.1 Å². The fraction of sp³-hybridized carbons (Fsp3) is 0.125. The molecule has 0 bridgehead atoms. The van der Waals surface area contributed by atoms with Crippen LogP contribution in [0, 0.1) is 6.92 Å². The van der Waals surface area contributed by atoms with Gasteiger partial charge in [0.2, 0.25) is 0 Å². The van der Waals surface area contributed by atoms with Crippen molar-refractivity contribution in [3.8, 4) is 17.2 Å². The quantitative estimate of drug-likeness (QED) is 0.434. The van der Waals surface area contributed by atoms with Gasteiger partial charge in [-0.25, -0.2) is 0 Å². The smallest absolute Gasteiger partial charge is 0.279 e. The lowest BCUT2D eigenvalue weighted by Crippen LogP contribution is -2.26. The lowest BCUT2D eigenvalue weighted by atomic mass is 10.1. The highest BCUT2D eigenvalue weighted by Crippen LogP contribution is 2.26. The summed E-state index contributed by atoms with van der Waals surface area (Å²) in [7, 11) is 3.04. The van der Waals surface area contributed by atoms with Crippen LogP contribution >= 0.6 is 15.9 Å². The Morgan fingerprint density at radius 1 is 0.969 bits per heavy atom. The molecule has 162 valence electrons. The molecule has 4 rings (SSSR count). The van der Waals surface area contributed by atoms with Gasteiger partial charge in [-0.1, -0.05) is 24.3 Å². The van der Waals surface area contributed by atoms with Crippen LogP contribution in [0.15, 0.2) is 69.9 Å². The molecule has 1 aromatic heterocycles. The average Bonchev–Trinajstić information content (AvgIpc) is 2.80. The second kappa shape index (κ2) is 8.84. The maximum atomic E-state index is 13.2. The van der Waals surface area contributed by atoms with E-state index in [4.69, 9.17) is 9.47 Å². The number of nitrogens with one attached hydrogen (secondary N) is 1. The topological polar surface area (TPSA) is 82.4 Å². The number of anilines is 1. The average molecular weight is 494 g/mol. The Labute approximate surface area is 192 Å². The van der Waals surface area contributed by atoms with Crippen LogP contribution in [-0.2, 0) is 0 Å². The van der Waals surface area contributed by atoms with Crippen LogP contribution in [0.1, 0.15) is 16.1 Å². The van der Waals surface area contributed by atoms with Gasteiger partial charge in [0.1, 0.15) is 11.5 Å². The van der Waals surface area contributed by atoms with Crippen LogP contribution < -0.4 is 20.3 Å². The monoisotopic (exact) mass is 493 g/mol. The lowest BCUT2D eigenvalue weighted by molar-refractivity contribution is 0.102. The fourth-order valence-corrected chi connectivity index (χ4v) is 3.94. The Morgan fingerprint density at radius 3 is 2.25 bits per heavy atom. The van der Waals surface area contributed by atoms with E-state index in [1.807, 2.05) is 25.1 Å². The van der Waals surface area contributed by atoms with Gasteiger partial charge in [-0.3, -0.25) is 9.59 Å². The van der Waals surface area contributed by atoms with E-state index in [9.17, 15) is 9.59 Å². The summed E-state index contributed by atoms with van der Waals surface area (Å²) in [6, 6.07) is 17.5. The molecule has 0 unspecified atom stereocenters. The number of halogens is 1. The summed E-state index contributed by atoms with van der Waals surface area (Å²) in [6.45, 7) is 1.96. The van der Waals surface area contributed by atoms with E-state index in [1.54, 1.807) is 42.5 Å². The van der Waals surface area contributed by atoms with Crippen molar-refractivity contribution in [2.24, 2.45) is 0 Å². The number of rotatable bonds is 5. The minimum absolute atomic E-state index is 0.120. The number of amides is 1. The first-order valence-electron chi connectivity index (χ1n) is 9.74. The second-order valence-electron chi connectivity index (χ2n) is 7.12. The van der Waals surface area contributed by atoms with E-state index < -0.39 is 5.91 Å². The second-order valence-corrected chi connectivity index (χ2v) is 7.97. The minimum atomic E-state index is -0.436.